The second-order valence-corrected chi connectivity index (χ2v) is 8.03. The fourth-order valence-electron chi connectivity index (χ4n) is 2.76. The van der Waals surface area contributed by atoms with Gasteiger partial charge in [-0.05, 0) is 54.8 Å². The molecule has 1 aliphatic carbocycles. The molecule has 0 spiro atoms. The van der Waals surface area contributed by atoms with Crippen LogP contribution in [0, 0.1) is 2.88 Å². The Balaban J connectivity index is 1.89. The molecule has 2 aliphatic rings. The second-order valence-electron chi connectivity index (χ2n) is 5.08. The van der Waals surface area contributed by atoms with E-state index in [0.717, 1.165) is 12.5 Å². The molecule has 1 aromatic heterocycles. The molecule has 2 atom stereocenters. The van der Waals surface area contributed by atoms with Gasteiger partial charge in [-0.1, -0.05) is 6.42 Å². The van der Waals surface area contributed by atoms with Crippen molar-refractivity contribution in [1.82, 2.24) is 9.88 Å². The molecule has 0 radical (unpaired) electrons. The molecule has 2 fully saturated rings. The fourth-order valence-corrected chi connectivity index (χ4v) is 4.42. The molecule has 1 aliphatic heterocycles. The number of aromatic nitrogens is 1. The van der Waals surface area contributed by atoms with Gasteiger partial charge in [0.15, 0.2) is 0 Å². The van der Waals surface area contributed by atoms with Crippen molar-refractivity contribution in [2.24, 2.45) is 5.73 Å². The molecule has 0 bridgehead atoms. The van der Waals surface area contributed by atoms with Crippen molar-refractivity contribution in [3.63, 3.8) is 0 Å². The van der Waals surface area contributed by atoms with Gasteiger partial charge in [-0.3, -0.25) is 4.90 Å². The fraction of sp³-hybridized carbons (Fsp3) is 0.750. The van der Waals surface area contributed by atoms with Gasteiger partial charge < -0.3 is 5.73 Å². The largest absolute Gasteiger partial charge is 0.326 e. The summed E-state index contributed by atoms with van der Waals surface area (Å²) >= 11 is 4.16. The van der Waals surface area contributed by atoms with Gasteiger partial charge in [0.2, 0.25) is 0 Å². The van der Waals surface area contributed by atoms with E-state index in [2.05, 4.69) is 32.5 Å². The zero-order valence-electron chi connectivity index (χ0n) is 9.81. The maximum absolute atomic E-state index is 6.40. The summed E-state index contributed by atoms with van der Waals surface area (Å²) < 4.78 is 1.27. The molecular weight excluding hydrogens is 345 g/mol. The Morgan fingerprint density at radius 2 is 2.18 bits per heavy atom. The normalized spacial score (nSPS) is 31.4. The van der Waals surface area contributed by atoms with E-state index >= 15 is 0 Å². The van der Waals surface area contributed by atoms with Crippen LogP contribution in [0.1, 0.15) is 43.2 Å². The number of halogens is 1. The number of nitrogens with zero attached hydrogens (tertiary/aromatic N) is 2. The maximum Gasteiger partial charge on any atom is 0.112 e. The maximum atomic E-state index is 6.40. The zero-order chi connectivity index (χ0) is 11.8. The van der Waals surface area contributed by atoms with Crippen LogP contribution in [0.3, 0.4) is 0 Å². The molecule has 1 aromatic rings. The van der Waals surface area contributed by atoms with Crippen molar-refractivity contribution < 1.29 is 0 Å². The Morgan fingerprint density at radius 3 is 2.82 bits per heavy atom. The molecule has 94 valence electrons. The first-order valence-electron chi connectivity index (χ1n) is 6.38. The van der Waals surface area contributed by atoms with Gasteiger partial charge in [0.05, 0.1) is 15.1 Å². The standard InChI is InChI=1S/C12H18IN3S/c13-10-7-15-12(17-10)11-9(14)3-1-2-6-16(11)8-4-5-8/h7-9,11H,1-6,14H2. The number of rotatable bonds is 2. The molecule has 1 saturated heterocycles. The highest BCUT2D eigenvalue weighted by Crippen LogP contribution is 2.39. The van der Waals surface area contributed by atoms with Crippen LogP contribution in [0.2, 0.25) is 0 Å². The average molecular weight is 363 g/mol. The number of nitrogens with two attached hydrogens (primary N) is 1. The Morgan fingerprint density at radius 1 is 1.35 bits per heavy atom. The number of thiazole rings is 1. The van der Waals surface area contributed by atoms with Crippen LogP contribution in [0.5, 0.6) is 0 Å². The van der Waals surface area contributed by atoms with Crippen molar-refractivity contribution in [3.8, 4) is 0 Å². The molecule has 3 nitrogen and oxygen atoms in total. The highest BCUT2D eigenvalue weighted by Gasteiger charge is 2.39. The first-order chi connectivity index (χ1) is 8.25. The Hall–Kier alpha value is 0.280. The lowest BCUT2D eigenvalue weighted by Gasteiger charge is -2.31. The van der Waals surface area contributed by atoms with Gasteiger partial charge >= 0.3 is 0 Å². The lowest BCUT2D eigenvalue weighted by atomic mass is 10.0. The summed E-state index contributed by atoms with van der Waals surface area (Å²) in [7, 11) is 0. The van der Waals surface area contributed by atoms with Crippen LogP contribution < -0.4 is 5.73 Å². The minimum absolute atomic E-state index is 0.264. The van der Waals surface area contributed by atoms with Crippen molar-refractivity contribution in [3.05, 3.63) is 14.1 Å². The predicted molar refractivity (Wildman–Crippen MR) is 79.1 cm³/mol. The van der Waals surface area contributed by atoms with Crippen molar-refractivity contribution in [2.75, 3.05) is 6.54 Å². The lowest BCUT2D eigenvalue weighted by Crippen LogP contribution is -2.40. The van der Waals surface area contributed by atoms with Crippen LogP contribution in [0.25, 0.3) is 0 Å². The highest BCUT2D eigenvalue weighted by molar-refractivity contribution is 14.1. The summed E-state index contributed by atoms with van der Waals surface area (Å²) in [5.74, 6) is 0. The smallest absolute Gasteiger partial charge is 0.112 e. The van der Waals surface area contributed by atoms with E-state index in [-0.39, 0.29) is 6.04 Å². The molecule has 1 saturated carbocycles. The van der Waals surface area contributed by atoms with E-state index in [1.165, 1.54) is 40.1 Å². The van der Waals surface area contributed by atoms with Gasteiger partial charge in [0, 0.05) is 12.1 Å². The van der Waals surface area contributed by atoms with Gasteiger partial charge in [-0.2, -0.15) is 0 Å². The minimum atomic E-state index is 0.264. The zero-order valence-corrected chi connectivity index (χ0v) is 12.8. The molecule has 0 aromatic carbocycles. The monoisotopic (exact) mass is 363 g/mol. The van der Waals surface area contributed by atoms with Crippen molar-refractivity contribution in [1.29, 1.82) is 0 Å². The summed E-state index contributed by atoms with van der Waals surface area (Å²) in [5.41, 5.74) is 6.40. The SMILES string of the molecule is NC1CCCCN(C2CC2)C1c1ncc(I)s1. The van der Waals surface area contributed by atoms with Crippen LogP contribution >= 0.6 is 33.9 Å². The molecule has 3 rings (SSSR count). The van der Waals surface area contributed by atoms with Gasteiger partial charge in [0.25, 0.3) is 0 Å². The van der Waals surface area contributed by atoms with Crippen LogP contribution in [-0.4, -0.2) is 28.5 Å². The van der Waals surface area contributed by atoms with Crippen LogP contribution in [0.15, 0.2) is 6.20 Å². The topological polar surface area (TPSA) is 42.1 Å². The van der Waals surface area contributed by atoms with E-state index in [4.69, 9.17) is 5.73 Å². The van der Waals surface area contributed by atoms with Crippen LogP contribution in [0.4, 0.5) is 0 Å². The quantitative estimate of drug-likeness (QED) is 0.822. The van der Waals surface area contributed by atoms with Crippen molar-refractivity contribution >= 4 is 33.9 Å². The summed E-state index contributed by atoms with van der Waals surface area (Å²) in [6, 6.07) is 1.42. The second kappa shape index (κ2) is 5.11. The summed E-state index contributed by atoms with van der Waals surface area (Å²) in [4.78, 5) is 7.21. The minimum Gasteiger partial charge on any atom is -0.326 e. The predicted octanol–water partition coefficient (Wildman–Crippen LogP) is 2.76. The van der Waals surface area contributed by atoms with E-state index in [1.807, 2.05) is 17.5 Å². The molecule has 17 heavy (non-hydrogen) atoms. The first-order valence-corrected chi connectivity index (χ1v) is 8.28. The van der Waals surface area contributed by atoms with E-state index in [9.17, 15) is 0 Å². The molecule has 5 heteroatoms. The molecule has 2 heterocycles. The van der Waals surface area contributed by atoms with Crippen molar-refractivity contribution in [2.45, 2.75) is 50.2 Å². The summed E-state index contributed by atoms with van der Waals surface area (Å²) in [5, 5.41) is 1.23. The molecule has 2 N–H and O–H groups in total. The first kappa shape index (κ1) is 12.3. The summed E-state index contributed by atoms with van der Waals surface area (Å²) in [6.07, 6.45) is 8.39. The lowest BCUT2D eigenvalue weighted by molar-refractivity contribution is 0.175. The molecular formula is C12H18IN3S. The average Bonchev–Trinajstić information content (AvgIpc) is 3.07. The summed E-state index contributed by atoms with van der Waals surface area (Å²) in [6.45, 7) is 1.21. The molecule has 0 amide bonds. The third-order valence-electron chi connectivity index (χ3n) is 3.73. The Kier molecular flexibility index (Phi) is 3.70. The van der Waals surface area contributed by atoms with E-state index in [0.29, 0.717) is 6.04 Å². The van der Waals surface area contributed by atoms with E-state index in [1.54, 1.807) is 0 Å². The Labute approximate surface area is 120 Å². The third-order valence-corrected chi connectivity index (χ3v) is 5.53. The van der Waals surface area contributed by atoms with E-state index < -0.39 is 0 Å². The third kappa shape index (κ3) is 2.67. The van der Waals surface area contributed by atoms with Gasteiger partial charge in [0.1, 0.15) is 5.01 Å². The highest BCUT2D eigenvalue weighted by atomic mass is 127. The molecule has 2 unspecified atom stereocenters. The number of hydrogen-bond acceptors (Lipinski definition) is 4. The number of likely N-dealkylation sites (tertiary alicyclic amines) is 1. The number of hydrogen-bond donors (Lipinski definition) is 1. The Bertz CT molecular complexity index is 391. The van der Waals surface area contributed by atoms with Gasteiger partial charge in [-0.25, -0.2) is 4.98 Å². The van der Waals surface area contributed by atoms with Crippen LogP contribution in [-0.2, 0) is 0 Å². The van der Waals surface area contributed by atoms with Gasteiger partial charge in [-0.15, -0.1) is 11.3 Å².